The van der Waals surface area contributed by atoms with E-state index in [9.17, 15) is 9.59 Å². The summed E-state index contributed by atoms with van der Waals surface area (Å²) in [5.74, 6) is -0.502. The first-order valence-corrected chi connectivity index (χ1v) is 21.7. The Bertz CT molecular complexity index is 686. The van der Waals surface area contributed by atoms with Gasteiger partial charge in [0.1, 0.15) is 6.61 Å². The van der Waals surface area contributed by atoms with E-state index in [-0.39, 0.29) is 38.4 Å². The van der Waals surface area contributed by atoms with Crippen molar-refractivity contribution < 1.29 is 33.6 Å². The van der Waals surface area contributed by atoms with E-state index >= 15 is 0 Å². The van der Waals surface area contributed by atoms with Gasteiger partial charge in [-0.2, -0.15) is 0 Å². The zero-order chi connectivity index (χ0) is 36.4. The number of hydrogen-bond acceptors (Lipinski definition) is 7. The Labute approximate surface area is 310 Å². The van der Waals surface area contributed by atoms with E-state index in [1.54, 1.807) is 0 Å². The van der Waals surface area contributed by atoms with Gasteiger partial charge in [0.25, 0.3) is 0 Å². The molecule has 7 nitrogen and oxygen atoms in total. The summed E-state index contributed by atoms with van der Waals surface area (Å²) in [4.78, 5) is 25.0. The molecule has 0 fully saturated rings. The number of aliphatic hydroxyl groups excluding tert-OH is 1. The number of carbonyl (C=O) groups excluding carboxylic acids is 2. The Morgan fingerprint density at radius 1 is 0.420 bits per heavy atom. The van der Waals surface area contributed by atoms with Gasteiger partial charge in [0.05, 0.1) is 33.0 Å². The third kappa shape index (κ3) is 39.6. The van der Waals surface area contributed by atoms with Gasteiger partial charge in [-0.05, 0) is 12.8 Å². The summed E-state index contributed by atoms with van der Waals surface area (Å²) >= 11 is 0. The molecule has 0 heterocycles. The molecule has 0 aromatic rings. The van der Waals surface area contributed by atoms with E-state index in [0.717, 1.165) is 38.5 Å². The van der Waals surface area contributed by atoms with Crippen LogP contribution in [0.15, 0.2) is 0 Å². The van der Waals surface area contributed by atoms with Crippen LogP contribution in [0.1, 0.15) is 219 Å². The third-order valence-corrected chi connectivity index (χ3v) is 9.61. The molecule has 0 saturated heterocycles. The molecule has 1 N–H and O–H groups in total. The molecule has 0 aromatic carbocycles. The standard InChI is InChI=1S/C43H84O7/c1-3-5-7-9-11-13-15-17-19-21-23-25-27-29-31-33-42(45)49-40-41(39-48-38-37-47-36-35-44)50-43(46)34-32-30-28-26-24-22-20-18-16-14-12-10-8-6-4-2/h41,44H,3-40H2,1-2H3. The quantitative estimate of drug-likeness (QED) is 0.0497. The molecule has 1 unspecified atom stereocenters. The van der Waals surface area contributed by atoms with Crippen molar-refractivity contribution >= 4 is 11.9 Å². The van der Waals surface area contributed by atoms with E-state index in [4.69, 9.17) is 24.1 Å². The van der Waals surface area contributed by atoms with E-state index < -0.39 is 6.10 Å². The fourth-order valence-corrected chi connectivity index (χ4v) is 6.40. The predicted molar refractivity (Wildman–Crippen MR) is 209 cm³/mol. The van der Waals surface area contributed by atoms with Gasteiger partial charge in [-0.3, -0.25) is 9.59 Å². The van der Waals surface area contributed by atoms with Crippen LogP contribution >= 0.6 is 0 Å². The molecule has 0 rings (SSSR count). The molecule has 0 aliphatic heterocycles. The Hall–Kier alpha value is -1.18. The first-order chi connectivity index (χ1) is 24.6. The molecule has 0 bridgehead atoms. The van der Waals surface area contributed by atoms with Crippen LogP contribution < -0.4 is 0 Å². The summed E-state index contributed by atoms with van der Waals surface area (Å²) in [7, 11) is 0. The number of carbonyl (C=O) groups is 2. The lowest BCUT2D eigenvalue weighted by molar-refractivity contribution is -0.163. The van der Waals surface area contributed by atoms with Gasteiger partial charge in [-0.25, -0.2) is 0 Å². The topological polar surface area (TPSA) is 91.3 Å². The molecule has 0 aromatic heterocycles. The molecule has 50 heavy (non-hydrogen) atoms. The average Bonchev–Trinajstić information content (AvgIpc) is 3.11. The fraction of sp³-hybridized carbons (Fsp3) is 0.953. The first-order valence-electron chi connectivity index (χ1n) is 21.7. The van der Waals surface area contributed by atoms with Crippen molar-refractivity contribution in [1.29, 1.82) is 0 Å². The van der Waals surface area contributed by atoms with Gasteiger partial charge in [-0.15, -0.1) is 0 Å². The maximum atomic E-state index is 12.6. The zero-order valence-corrected chi connectivity index (χ0v) is 33.3. The highest BCUT2D eigenvalue weighted by molar-refractivity contribution is 5.70. The molecular weight excluding hydrogens is 628 g/mol. The van der Waals surface area contributed by atoms with Gasteiger partial charge in [0, 0.05) is 12.8 Å². The van der Waals surface area contributed by atoms with Crippen molar-refractivity contribution in [2.75, 3.05) is 39.6 Å². The number of ether oxygens (including phenoxy) is 4. The first kappa shape index (κ1) is 48.8. The van der Waals surface area contributed by atoms with Gasteiger partial charge in [0.15, 0.2) is 6.10 Å². The van der Waals surface area contributed by atoms with Crippen molar-refractivity contribution in [3.63, 3.8) is 0 Å². The lowest BCUT2D eigenvalue weighted by atomic mass is 10.0. The Kier molecular flexibility index (Phi) is 41.2. The van der Waals surface area contributed by atoms with E-state index in [0.29, 0.717) is 26.1 Å². The van der Waals surface area contributed by atoms with Crippen LogP contribution in [0.25, 0.3) is 0 Å². The minimum Gasteiger partial charge on any atom is -0.462 e. The van der Waals surface area contributed by atoms with Crippen molar-refractivity contribution in [2.24, 2.45) is 0 Å². The van der Waals surface area contributed by atoms with Crippen LogP contribution in [0.3, 0.4) is 0 Å². The summed E-state index contributed by atoms with van der Waals surface area (Å²) < 4.78 is 22.0. The van der Waals surface area contributed by atoms with Crippen LogP contribution in [-0.4, -0.2) is 62.8 Å². The largest absolute Gasteiger partial charge is 0.462 e. The van der Waals surface area contributed by atoms with Gasteiger partial charge < -0.3 is 24.1 Å². The van der Waals surface area contributed by atoms with Crippen molar-refractivity contribution in [3.8, 4) is 0 Å². The second-order valence-electron chi connectivity index (χ2n) is 14.6. The van der Waals surface area contributed by atoms with Crippen molar-refractivity contribution in [3.05, 3.63) is 0 Å². The molecule has 7 heteroatoms. The highest BCUT2D eigenvalue weighted by Gasteiger charge is 2.17. The van der Waals surface area contributed by atoms with Gasteiger partial charge in [0.2, 0.25) is 0 Å². The van der Waals surface area contributed by atoms with Crippen molar-refractivity contribution in [2.45, 2.75) is 225 Å². The van der Waals surface area contributed by atoms with Crippen LogP contribution in [-0.2, 0) is 28.5 Å². The SMILES string of the molecule is CCCCCCCCCCCCCCCCCC(=O)OCC(COCCOCCO)OC(=O)CCCCCCCCCCCCCCCCC. The molecule has 298 valence electrons. The van der Waals surface area contributed by atoms with Gasteiger partial charge in [-0.1, -0.05) is 194 Å². The molecular formula is C43H84O7. The Balaban J connectivity index is 3.95. The Morgan fingerprint density at radius 3 is 1.14 bits per heavy atom. The molecule has 1 atom stereocenters. The summed E-state index contributed by atoms with van der Waals surface area (Å²) in [6.45, 7) is 5.60. The molecule has 0 aliphatic carbocycles. The highest BCUT2D eigenvalue weighted by Crippen LogP contribution is 2.16. The number of rotatable bonds is 42. The molecule has 0 saturated carbocycles. The molecule has 0 radical (unpaired) electrons. The summed E-state index contributed by atoms with van der Waals surface area (Å²) in [5.41, 5.74) is 0. The second kappa shape index (κ2) is 42.2. The average molecular weight is 713 g/mol. The minimum absolute atomic E-state index is 0.0136. The normalized spacial score (nSPS) is 12.0. The van der Waals surface area contributed by atoms with E-state index in [1.165, 1.54) is 154 Å². The maximum Gasteiger partial charge on any atom is 0.306 e. The molecule has 0 spiro atoms. The Morgan fingerprint density at radius 2 is 0.760 bits per heavy atom. The molecule has 0 aliphatic rings. The summed E-state index contributed by atoms with van der Waals surface area (Å²) in [5, 5.41) is 8.85. The number of aliphatic hydroxyl groups is 1. The minimum atomic E-state index is -0.623. The summed E-state index contributed by atoms with van der Waals surface area (Å²) in [6, 6.07) is 0. The lowest BCUT2D eigenvalue weighted by Crippen LogP contribution is -2.30. The van der Waals surface area contributed by atoms with Crippen LogP contribution in [0.4, 0.5) is 0 Å². The smallest absolute Gasteiger partial charge is 0.306 e. The maximum absolute atomic E-state index is 12.6. The fourth-order valence-electron chi connectivity index (χ4n) is 6.40. The van der Waals surface area contributed by atoms with Crippen molar-refractivity contribution in [1.82, 2.24) is 0 Å². The predicted octanol–water partition coefficient (Wildman–Crippen LogP) is 12.0. The van der Waals surface area contributed by atoms with Gasteiger partial charge >= 0.3 is 11.9 Å². The number of esters is 2. The third-order valence-electron chi connectivity index (χ3n) is 9.61. The highest BCUT2D eigenvalue weighted by atomic mass is 16.6. The zero-order valence-electron chi connectivity index (χ0n) is 33.3. The van der Waals surface area contributed by atoms with E-state index in [2.05, 4.69) is 13.8 Å². The van der Waals surface area contributed by atoms with Crippen LogP contribution in [0, 0.1) is 0 Å². The monoisotopic (exact) mass is 713 g/mol. The molecule has 0 amide bonds. The van der Waals surface area contributed by atoms with E-state index in [1.807, 2.05) is 0 Å². The summed E-state index contributed by atoms with van der Waals surface area (Å²) in [6.07, 6.45) is 38.8. The number of hydrogen-bond donors (Lipinski definition) is 1. The number of unbranched alkanes of at least 4 members (excludes halogenated alkanes) is 28. The van der Waals surface area contributed by atoms with Crippen LogP contribution in [0.2, 0.25) is 0 Å². The second-order valence-corrected chi connectivity index (χ2v) is 14.6. The lowest BCUT2D eigenvalue weighted by Gasteiger charge is -2.18. The van der Waals surface area contributed by atoms with Crippen LogP contribution in [0.5, 0.6) is 0 Å².